The minimum absolute atomic E-state index is 0.0484. The summed E-state index contributed by atoms with van der Waals surface area (Å²) in [5.41, 5.74) is 3.50. The molecule has 2 atom stereocenters. The Morgan fingerprint density at radius 1 is 1.03 bits per heavy atom. The summed E-state index contributed by atoms with van der Waals surface area (Å²) in [5, 5.41) is 6.02. The second-order valence-corrected chi connectivity index (χ2v) is 10.3. The Hall–Kier alpha value is -3.35. The van der Waals surface area contributed by atoms with Gasteiger partial charge in [0.25, 0.3) is 0 Å². The molecule has 7 heteroatoms. The summed E-state index contributed by atoms with van der Waals surface area (Å²) < 4.78 is 11.3. The van der Waals surface area contributed by atoms with Gasteiger partial charge >= 0.3 is 5.97 Å². The quantitative estimate of drug-likeness (QED) is 0.289. The van der Waals surface area contributed by atoms with Crippen LogP contribution in [0.2, 0.25) is 5.02 Å². The van der Waals surface area contributed by atoms with Crippen LogP contribution in [0.4, 0.5) is 0 Å². The molecule has 0 fully saturated rings. The van der Waals surface area contributed by atoms with Crippen LogP contribution in [0.25, 0.3) is 0 Å². The number of rotatable bonds is 7. The lowest BCUT2D eigenvalue weighted by Gasteiger charge is -2.36. The van der Waals surface area contributed by atoms with Crippen molar-refractivity contribution in [1.82, 2.24) is 5.32 Å². The highest BCUT2D eigenvalue weighted by Crippen LogP contribution is 2.46. The van der Waals surface area contributed by atoms with E-state index < -0.39 is 11.9 Å². The smallest absolute Gasteiger partial charge is 0.336 e. The maximum atomic E-state index is 13.6. The van der Waals surface area contributed by atoms with Crippen LogP contribution < -0.4 is 10.1 Å². The van der Waals surface area contributed by atoms with Crippen molar-refractivity contribution in [3.8, 4) is 5.75 Å². The average Bonchev–Trinajstić information content (AvgIpc) is 3.42. The van der Waals surface area contributed by atoms with E-state index in [1.54, 1.807) is 23.5 Å². The van der Waals surface area contributed by atoms with E-state index in [4.69, 9.17) is 21.1 Å². The number of nitrogens with one attached hydrogen (secondary N) is 1. The molecule has 1 N–H and O–H groups in total. The number of hydrogen-bond acceptors (Lipinski definition) is 6. The van der Waals surface area contributed by atoms with Crippen molar-refractivity contribution in [3.05, 3.63) is 110 Å². The second kappa shape index (κ2) is 10.7. The number of carbonyl (C=O) groups is 2. The Morgan fingerprint density at radius 2 is 1.81 bits per heavy atom. The number of thiophene rings is 1. The SMILES string of the molecule is CC1=C(C(=O)OCCOc2ccccc2)[C@@H](c2ccc(Cl)cc2)C2=C(C[C@H](c3cccs3)CC2=O)N1. The number of allylic oxidation sites excluding steroid dienone is 3. The van der Waals surface area contributed by atoms with Crippen molar-refractivity contribution in [3.63, 3.8) is 0 Å². The molecule has 36 heavy (non-hydrogen) atoms. The fraction of sp³-hybridized carbons (Fsp3) is 0.241. The molecule has 2 aromatic carbocycles. The van der Waals surface area contributed by atoms with Gasteiger partial charge < -0.3 is 14.8 Å². The molecule has 2 heterocycles. The van der Waals surface area contributed by atoms with Gasteiger partial charge in [0.05, 0.1) is 5.57 Å². The van der Waals surface area contributed by atoms with Crippen LogP contribution in [-0.4, -0.2) is 25.0 Å². The standard InChI is InChI=1S/C29H26ClNO4S/c1-18-26(29(33)35-14-13-34-22-6-3-2-4-7-22)27(19-9-11-21(30)12-10-19)28-23(31-18)16-20(17-24(28)32)25-8-5-15-36-25/h2-12,15,20,27,31H,13-14,16-17H2,1H3/t20-,27+/m0/s1. The summed E-state index contributed by atoms with van der Waals surface area (Å²) in [6.45, 7) is 2.19. The van der Waals surface area contributed by atoms with Gasteiger partial charge in [-0.2, -0.15) is 0 Å². The molecule has 1 aromatic heterocycles. The fourth-order valence-corrected chi connectivity index (χ4v) is 5.87. The van der Waals surface area contributed by atoms with Crippen molar-refractivity contribution in [2.75, 3.05) is 13.2 Å². The first-order valence-electron chi connectivity index (χ1n) is 11.9. The van der Waals surface area contributed by atoms with Gasteiger partial charge in [0.1, 0.15) is 19.0 Å². The summed E-state index contributed by atoms with van der Waals surface area (Å²) in [5.74, 6) is -0.0854. The minimum atomic E-state index is -0.516. The molecule has 0 saturated carbocycles. The molecule has 2 aliphatic rings. The van der Waals surface area contributed by atoms with Crippen LogP contribution in [0.3, 0.4) is 0 Å². The molecule has 184 valence electrons. The van der Waals surface area contributed by atoms with E-state index in [9.17, 15) is 9.59 Å². The maximum absolute atomic E-state index is 13.6. The highest BCUT2D eigenvalue weighted by Gasteiger charge is 2.41. The molecule has 0 spiro atoms. The van der Waals surface area contributed by atoms with Gasteiger partial charge in [0.15, 0.2) is 5.78 Å². The first-order valence-corrected chi connectivity index (χ1v) is 13.1. The predicted octanol–water partition coefficient (Wildman–Crippen LogP) is 6.39. The third-order valence-electron chi connectivity index (χ3n) is 6.52. The largest absolute Gasteiger partial charge is 0.490 e. The molecular formula is C29H26ClNO4S. The van der Waals surface area contributed by atoms with Gasteiger partial charge in [0, 0.05) is 45.1 Å². The molecule has 0 bridgehead atoms. The highest BCUT2D eigenvalue weighted by molar-refractivity contribution is 7.10. The van der Waals surface area contributed by atoms with Crippen molar-refractivity contribution < 1.29 is 19.1 Å². The topological polar surface area (TPSA) is 64.6 Å². The van der Waals surface area contributed by atoms with Crippen molar-refractivity contribution in [2.24, 2.45) is 0 Å². The van der Waals surface area contributed by atoms with E-state index in [1.165, 1.54) is 4.88 Å². The van der Waals surface area contributed by atoms with Gasteiger partial charge in [-0.15, -0.1) is 11.3 Å². The molecule has 0 unspecified atom stereocenters. The van der Waals surface area contributed by atoms with E-state index in [0.29, 0.717) is 34.0 Å². The Morgan fingerprint density at radius 3 is 2.53 bits per heavy atom. The number of ketones is 1. The monoisotopic (exact) mass is 519 g/mol. The van der Waals surface area contributed by atoms with Gasteiger partial charge in [-0.05, 0) is 54.6 Å². The molecule has 0 saturated heterocycles. The molecule has 0 radical (unpaired) electrons. The zero-order valence-corrected chi connectivity index (χ0v) is 21.4. The Bertz CT molecular complexity index is 1310. The summed E-state index contributed by atoms with van der Waals surface area (Å²) in [6.07, 6.45) is 1.13. The second-order valence-electron chi connectivity index (χ2n) is 8.88. The lowest BCUT2D eigenvalue weighted by atomic mass is 9.72. The zero-order chi connectivity index (χ0) is 25.1. The Kier molecular flexibility index (Phi) is 7.25. The number of halogens is 1. The number of Topliss-reactive ketones (excluding diaryl/α,β-unsaturated/α-hetero) is 1. The molecule has 5 nitrogen and oxygen atoms in total. The molecular weight excluding hydrogens is 494 g/mol. The average molecular weight is 520 g/mol. The number of carbonyl (C=O) groups excluding carboxylic acids is 2. The van der Waals surface area contributed by atoms with Gasteiger partial charge in [-0.1, -0.05) is 48.0 Å². The lowest BCUT2D eigenvalue weighted by molar-refractivity contribution is -0.140. The van der Waals surface area contributed by atoms with E-state index in [0.717, 1.165) is 17.7 Å². The number of esters is 1. The number of dihydropyridines is 1. The summed E-state index contributed by atoms with van der Waals surface area (Å²) in [6, 6.07) is 20.8. The first kappa shape index (κ1) is 24.3. The minimum Gasteiger partial charge on any atom is -0.490 e. The number of ether oxygens (including phenoxy) is 2. The van der Waals surface area contributed by atoms with Crippen LogP contribution in [0.5, 0.6) is 5.75 Å². The van der Waals surface area contributed by atoms with E-state index >= 15 is 0 Å². The fourth-order valence-electron chi connectivity index (χ4n) is 4.91. The molecule has 5 rings (SSSR count). The van der Waals surface area contributed by atoms with E-state index in [-0.39, 0.29) is 24.9 Å². The van der Waals surface area contributed by atoms with Crippen LogP contribution in [0.1, 0.15) is 42.0 Å². The van der Waals surface area contributed by atoms with Gasteiger partial charge in [-0.25, -0.2) is 4.79 Å². The third kappa shape index (κ3) is 5.11. The number of hydrogen-bond donors (Lipinski definition) is 1. The van der Waals surface area contributed by atoms with Crippen molar-refractivity contribution in [1.29, 1.82) is 0 Å². The Balaban J connectivity index is 1.40. The molecule has 3 aromatic rings. The van der Waals surface area contributed by atoms with Gasteiger partial charge in [-0.3, -0.25) is 4.79 Å². The summed E-state index contributed by atoms with van der Waals surface area (Å²) in [7, 11) is 0. The normalized spacial score (nSPS) is 19.6. The van der Waals surface area contributed by atoms with E-state index in [1.807, 2.05) is 60.8 Å². The third-order valence-corrected chi connectivity index (χ3v) is 7.81. The zero-order valence-electron chi connectivity index (χ0n) is 19.8. The number of benzene rings is 2. The van der Waals surface area contributed by atoms with Crippen LogP contribution in [-0.2, 0) is 14.3 Å². The van der Waals surface area contributed by atoms with Crippen molar-refractivity contribution in [2.45, 2.75) is 31.6 Å². The first-order chi connectivity index (χ1) is 17.5. The molecule has 1 aliphatic heterocycles. The van der Waals surface area contributed by atoms with Crippen molar-refractivity contribution >= 4 is 34.7 Å². The number of para-hydroxylation sites is 1. The maximum Gasteiger partial charge on any atom is 0.336 e. The van der Waals surface area contributed by atoms with E-state index in [2.05, 4.69) is 11.4 Å². The molecule has 0 amide bonds. The highest BCUT2D eigenvalue weighted by atomic mass is 35.5. The Labute approximate surface area is 219 Å². The van der Waals surface area contributed by atoms with Crippen LogP contribution in [0, 0.1) is 0 Å². The lowest BCUT2D eigenvalue weighted by Crippen LogP contribution is -2.36. The van der Waals surface area contributed by atoms with Gasteiger partial charge in [0.2, 0.25) is 0 Å². The van der Waals surface area contributed by atoms with Crippen LogP contribution in [0.15, 0.2) is 94.7 Å². The molecule has 1 aliphatic carbocycles. The van der Waals surface area contributed by atoms with Crippen LogP contribution >= 0.6 is 22.9 Å². The summed E-state index contributed by atoms with van der Waals surface area (Å²) in [4.78, 5) is 28.1. The predicted molar refractivity (Wildman–Crippen MR) is 141 cm³/mol. The summed E-state index contributed by atoms with van der Waals surface area (Å²) >= 11 is 7.82.